The average molecular weight is 159 g/mol. The minimum absolute atomic E-state index is 0.511. The minimum Gasteiger partial charge on any atom is -0.306 e. The third kappa shape index (κ3) is 1.01. The van der Waals surface area contributed by atoms with Gasteiger partial charge in [0.05, 0.1) is 18.1 Å². The van der Waals surface area contributed by atoms with Gasteiger partial charge in [-0.1, -0.05) is 0 Å². The minimum atomic E-state index is 0.511. The van der Waals surface area contributed by atoms with E-state index in [4.69, 9.17) is 5.41 Å². The average Bonchev–Trinajstić information content (AvgIpc) is 2.17. The quantitative estimate of drug-likeness (QED) is 0.612. The van der Waals surface area contributed by atoms with Crippen molar-refractivity contribution in [2.24, 2.45) is 0 Å². The Labute approximate surface area is 68.0 Å². The molecule has 0 radical (unpaired) electrons. The number of aromatic nitrogens is 4. The van der Waals surface area contributed by atoms with Gasteiger partial charge in [-0.15, -0.1) is 0 Å². The molecule has 0 aliphatic carbocycles. The molecule has 0 saturated carbocycles. The molecule has 0 saturated heterocycles. The second-order valence-corrected chi connectivity index (χ2v) is 2.17. The molecule has 0 spiro atoms. The molecule has 0 unspecified atom stereocenters. The largest absolute Gasteiger partial charge is 0.306 e. The lowest BCUT2D eigenvalue weighted by molar-refractivity contribution is 1.14. The van der Waals surface area contributed by atoms with Crippen molar-refractivity contribution in [3.63, 3.8) is 0 Å². The number of fused-ring (bicyclic) bond motifs is 1. The predicted octanol–water partition coefficient (Wildman–Crippen LogP) is 0.417. The number of rotatable bonds is 1. The standard InChI is InChI=1S/C7H5N5/c8-1-5-2-10-7-6(12-5)3-9-4-11-7/h1-4,8H. The Morgan fingerprint density at radius 3 is 3.00 bits per heavy atom. The Hall–Kier alpha value is -1.91. The smallest absolute Gasteiger partial charge is 0.181 e. The van der Waals surface area contributed by atoms with Crippen molar-refractivity contribution in [1.82, 2.24) is 19.9 Å². The zero-order valence-electron chi connectivity index (χ0n) is 6.10. The Morgan fingerprint density at radius 1 is 1.25 bits per heavy atom. The van der Waals surface area contributed by atoms with Crippen LogP contribution in [0.2, 0.25) is 0 Å². The van der Waals surface area contributed by atoms with E-state index in [0.717, 1.165) is 6.21 Å². The summed E-state index contributed by atoms with van der Waals surface area (Å²) in [6.07, 6.45) is 5.63. The van der Waals surface area contributed by atoms with Crippen molar-refractivity contribution in [1.29, 1.82) is 5.41 Å². The van der Waals surface area contributed by atoms with Gasteiger partial charge in [0, 0.05) is 6.21 Å². The van der Waals surface area contributed by atoms with Crippen LogP contribution in [0.25, 0.3) is 11.2 Å². The second-order valence-electron chi connectivity index (χ2n) is 2.17. The van der Waals surface area contributed by atoms with Crippen LogP contribution in [-0.2, 0) is 0 Å². The van der Waals surface area contributed by atoms with Crippen LogP contribution in [0.5, 0.6) is 0 Å². The molecule has 2 aromatic rings. The van der Waals surface area contributed by atoms with Crippen LogP contribution in [0.1, 0.15) is 5.69 Å². The molecule has 2 aromatic heterocycles. The van der Waals surface area contributed by atoms with Gasteiger partial charge in [-0.05, 0) is 0 Å². The first-order chi connectivity index (χ1) is 5.90. The number of hydrogen-bond donors (Lipinski definition) is 1. The van der Waals surface area contributed by atoms with Crippen molar-refractivity contribution < 1.29 is 0 Å². The van der Waals surface area contributed by atoms with Crippen LogP contribution in [0.4, 0.5) is 0 Å². The summed E-state index contributed by atoms with van der Waals surface area (Å²) in [5.41, 5.74) is 1.67. The van der Waals surface area contributed by atoms with Crippen LogP contribution in [0, 0.1) is 5.41 Å². The van der Waals surface area contributed by atoms with Crippen LogP contribution < -0.4 is 0 Å². The summed E-state index contributed by atoms with van der Waals surface area (Å²) in [5, 5.41) is 6.95. The summed E-state index contributed by atoms with van der Waals surface area (Å²) in [7, 11) is 0. The molecule has 58 valence electrons. The molecule has 1 N–H and O–H groups in total. The molecule has 0 amide bonds. The lowest BCUT2D eigenvalue weighted by Gasteiger charge is -1.93. The lowest BCUT2D eigenvalue weighted by atomic mass is 10.4. The van der Waals surface area contributed by atoms with Crippen molar-refractivity contribution >= 4 is 17.4 Å². The van der Waals surface area contributed by atoms with Crippen molar-refractivity contribution in [3.8, 4) is 0 Å². The number of nitrogens with one attached hydrogen (secondary N) is 1. The fourth-order valence-corrected chi connectivity index (χ4v) is 0.859. The first kappa shape index (κ1) is 6.78. The van der Waals surface area contributed by atoms with Gasteiger partial charge < -0.3 is 5.41 Å². The van der Waals surface area contributed by atoms with Gasteiger partial charge in [-0.3, -0.25) is 0 Å². The zero-order valence-corrected chi connectivity index (χ0v) is 6.10. The molecular weight excluding hydrogens is 154 g/mol. The highest BCUT2D eigenvalue weighted by atomic mass is 14.9. The maximum absolute atomic E-state index is 6.95. The predicted molar refractivity (Wildman–Crippen MR) is 43.0 cm³/mol. The molecule has 0 aliphatic rings. The molecule has 2 rings (SSSR count). The molecule has 0 aromatic carbocycles. The highest BCUT2D eigenvalue weighted by molar-refractivity contribution is 5.78. The molecule has 5 heteroatoms. The van der Waals surface area contributed by atoms with Gasteiger partial charge in [0.25, 0.3) is 0 Å². The van der Waals surface area contributed by atoms with Gasteiger partial charge >= 0.3 is 0 Å². The Kier molecular flexibility index (Phi) is 1.48. The summed E-state index contributed by atoms with van der Waals surface area (Å²) >= 11 is 0. The molecule has 12 heavy (non-hydrogen) atoms. The Bertz CT molecular complexity index is 425. The third-order valence-electron chi connectivity index (χ3n) is 1.39. The van der Waals surface area contributed by atoms with Gasteiger partial charge in [-0.2, -0.15) is 0 Å². The summed E-state index contributed by atoms with van der Waals surface area (Å²) in [5.74, 6) is 0. The molecule has 0 bridgehead atoms. The second kappa shape index (κ2) is 2.61. The topological polar surface area (TPSA) is 75.4 Å². The van der Waals surface area contributed by atoms with Gasteiger partial charge in [0.1, 0.15) is 11.8 Å². The summed E-state index contributed by atoms with van der Waals surface area (Å²) in [4.78, 5) is 15.7. The highest BCUT2D eigenvalue weighted by Gasteiger charge is 1.96. The highest BCUT2D eigenvalue weighted by Crippen LogP contribution is 2.01. The van der Waals surface area contributed by atoms with Gasteiger partial charge in [-0.25, -0.2) is 19.9 Å². The van der Waals surface area contributed by atoms with Crippen LogP contribution in [0.15, 0.2) is 18.7 Å². The zero-order chi connectivity index (χ0) is 8.39. The lowest BCUT2D eigenvalue weighted by Crippen LogP contribution is -1.92. The first-order valence-corrected chi connectivity index (χ1v) is 3.33. The van der Waals surface area contributed by atoms with Crippen LogP contribution in [0.3, 0.4) is 0 Å². The normalized spacial score (nSPS) is 10.0. The van der Waals surface area contributed by atoms with E-state index in [2.05, 4.69) is 19.9 Å². The van der Waals surface area contributed by atoms with E-state index < -0.39 is 0 Å². The van der Waals surface area contributed by atoms with Crippen molar-refractivity contribution in [3.05, 3.63) is 24.4 Å². The molecule has 5 nitrogen and oxygen atoms in total. The van der Waals surface area contributed by atoms with Crippen molar-refractivity contribution in [2.45, 2.75) is 0 Å². The molecule has 0 atom stereocenters. The fraction of sp³-hybridized carbons (Fsp3) is 0. The van der Waals surface area contributed by atoms with E-state index in [0.29, 0.717) is 16.9 Å². The molecule has 0 aliphatic heterocycles. The van der Waals surface area contributed by atoms with E-state index in [9.17, 15) is 0 Å². The maximum atomic E-state index is 6.95. The Balaban J connectivity index is 2.75. The fourth-order valence-electron chi connectivity index (χ4n) is 0.859. The number of hydrogen-bond acceptors (Lipinski definition) is 5. The Morgan fingerprint density at radius 2 is 2.17 bits per heavy atom. The molecular formula is C7H5N5. The van der Waals surface area contributed by atoms with Gasteiger partial charge in [0.15, 0.2) is 5.65 Å². The summed E-state index contributed by atoms with van der Waals surface area (Å²) in [6.45, 7) is 0. The van der Waals surface area contributed by atoms with Crippen LogP contribution >= 0.6 is 0 Å². The molecule has 2 heterocycles. The monoisotopic (exact) mass is 159 g/mol. The van der Waals surface area contributed by atoms with Crippen molar-refractivity contribution in [2.75, 3.05) is 0 Å². The summed E-state index contributed by atoms with van der Waals surface area (Å²) < 4.78 is 0. The van der Waals surface area contributed by atoms with Gasteiger partial charge in [0.2, 0.25) is 0 Å². The molecule has 0 fully saturated rings. The summed E-state index contributed by atoms with van der Waals surface area (Å²) in [6, 6.07) is 0. The SMILES string of the molecule is N=Cc1cnc2ncncc2n1. The van der Waals surface area contributed by atoms with Crippen LogP contribution in [-0.4, -0.2) is 26.2 Å². The number of nitrogens with zero attached hydrogens (tertiary/aromatic N) is 4. The maximum Gasteiger partial charge on any atom is 0.181 e. The first-order valence-electron chi connectivity index (χ1n) is 3.33. The van der Waals surface area contributed by atoms with E-state index in [1.807, 2.05) is 0 Å². The van der Waals surface area contributed by atoms with E-state index in [1.54, 1.807) is 6.20 Å². The van der Waals surface area contributed by atoms with E-state index in [-0.39, 0.29) is 0 Å². The third-order valence-corrected chi connectivity index (χ3v) is 1.39. The van der Waals surface area contributed by atoms with E-state index >= 15 is 0 Å². The van der Waals surface area contributed by atoms with E-state index in [1.165, 1.54) is 12.5 Å².